The van der Waals surface area contributed by atoms with Gasteiger partial charge in [0, 0.05) is 11.3 Å². The predicted octanol–water partition coefficient (Wildman–Crippen LogP) is 3.37. The Bertz CT molecular complexity index is 913. The number of anilines is 1. The SMILES string of the molecule is Cc1ccc(C(=O)Nc2sc(-c3ccccc3)nc2C)c(=O)[nH]1. The van der Waals surface area contributed by atoms with Gasteiger partial charge in [0.05, 0.1) is 5.69 Å². The third-order valence-corrected chi connectivity index (χ3v) is 4.47. The number of nitrogens with one attached hydrogen (secondary N) is 2. The summed E-state index contributed by atoms with van der Waals surface area (Å²) >= 11 is 1.39. The van der Waals surface area contributed by atoms with Gasteiger partial charge in [0.2, 0.25) is 0 Å². The number of hydrogen-bond donors (Lipinski definition) is 2. The van der Waals surface area contributed by atoms with Crippen LogP contribution in [0.15, 0.2) is 47.3 Å². The summed E-state index contributed by atoms with van der Waals surface area (Å²) in [6.07, 6.45) is 0. The Hall–Kier alpha value is -2.73. The van der Waals surface area contributed by atoms with E-state index in [1.807, 2.05) is 37.3 Å². The fourth-order valence-corrected chi connectivity index (χ4v) is 3.10. The van der Waals surface area contributed by atoms with Crippen molar-refractivity contribution in [1.82, 2.24) is 9.97 Å². The quantitative estimate of drug-likeness (QED) is 0.775. The van der Waals surface area contributed by atoms with E-state index in [4.69, 9.17) is 0 Å². The number of aromatic nitrogens is 2. The lowest BCUT2D eigenvalue weighted by molar-refractivity contribution is 0.102. The van der Waals surface area contributed by atoms with Gasteiger partial charge in [-0.05, 0) is 26.0 Å². The molecular weight excluding hydrogens is 310 g/mol. The van der Waals surface area contributed by atoms with E-state index < -0.39 is 11.5 Å². The van der Waals surface area contributed by atoms with E-state index in [1.54, 1.807) is 13.0 Å². The molecule has 0 saturated carbocycles. The van der Waals surface area contributed by atoms with Gasteiger partial charge in [-0.1, -0.05) is 41.7 Å². The zero-order chi connectivity index (χ0) is 16.4. The molecule has 0 aliphatic heterocycles. The van der Waals surface area contributed by atoms with Gasteiger partial charge < -0.3 is 10.3 Å². The number of H-pyrrole nitrogens is 1. The Morgan fingerprint density at radius 1 is 1.13 bits per heavy atom. The number of rotatable bonds is 3. The largest absolute Gasteiger partial charge is 0.326 e. The van der Waals surface area contributed by atoms with Crippen LogP contribution in [0.25, 0.3) is 10.6 Å². The maximum Gasteiger partial charge on any atom is 0.261 e. The Labute approximate surface area is 137 Å². The van der Waals surface area contributed by atoms with E-state index in [-0.39, 0.29) is 5.56 Å². The molecule has 2 aromatic heterocycles. The normalized spacial score (nSPS) is 10.5. The van der Waals surface area contributed by atoms with E-state index in [9.17, 15) is 9.59 Å². The second-order valence-corrected chi connectivity index (χ2v) is 6.14. The molecule has 0 spiro atoms. The van der Waals surface area contributed by atoms with Crippen molar-refractivity contribution in [3.63, 3.8) is 0 Å². The molecule has 0 aliphatic rings. The maximum atomic E-state index is 12.3. The van der Waals surface area contributed by atoms with Crippen LogP contribution in [-0.2, 0) is 0 Å². The minimum absolute atomic E-state index is 0.0876. The molecule has 1 aromatic carbocycles. The van der Waals surface area contributed by atoms with Crippen LogP contribution in [-0.4, -0.2) is 15.9 Å². The fourth-order valence-electron chi connectivity index (χ4n) is 2.14. The minimum Gasteiger partial charge on any atom is -0.326 e. The molecule has 0 fully saturated rings. The van der Waals surface area contributed by atoms with Gasteiger partial charge in [-0.3, -0.25) is 9.59 Å². The highest BCUT2D eigenvalue weighted by atomic mass is 32.1. The lowest BCUT2D eigenvalue weighted by Crippen LogP contribution is -2.23. The Morgan fingerprint density at radius 3 is 2.57 bits per heavy atom. The van der Waals surface area contributed by atoms with Crippen LogP contribution < -0.4 is 10.9 Å². The van der Waals surface area contributed by atoms with Crippen LogP contribution in [0.3, 0.4) is 0 Å². The third kappa shape index (κ3) is 3.22. The molecule has 2 heterocycles. The van der Waals surface area contributed by atoms with Crippen molar-refractivity contribution in [2.75, 3.05) is 5.32 Å². The van der Waals surface area contributed by atoms with Gasteiger partial charge in [0.1, 0.15) is 15.6 Å². The van der Waals surface area contributed by atoms with E-state index >= 15 is 0 Å². The van der Waals surface area contributed by atoms with Crippen molar-refractivity contribution < 1.29 is 4.79 Å². The number of hydrogen-bond acceptors (Lipinski definition) is 4. The molecule has 0 unspecified atom stereocenters. The van der Waals surface area contributed by atoms with Crippen LogP contribution in [0.2, 0.25) is 0 Å². The first-order valence-electron chi connectivity index (χ1n) is 7.09. The number of aryl methyl sites for hydroxylation is 2. The number of thiazole rings is 1. The zero-order valence-electron chi connectivity index (χ0n) is 12.7. The van der Waals surface area contributed by atoms with Gasteiger partial charge in [0.15, 0.2) is 0 Å². The fraction of sp³-hybridized carbons (Fsp3) is 0.118. The van der Waals surface area contributed by atoms with Gasteiger partial charge in [-0.15, -0.1) is 0 Å². The molecular formula is C17H15N3O2S. The lowest BCUT2D eigenvalue weighted by Gasteiger charge is -2.03. The Kier molecular flexibility index (Phi) is 4.08. The molecule has 3 aromatic rings. The molecule has 3 rings (SSSR count). The van der Waals surface area contributed by atoms with E-state index in [0.717, 1.165) is 16.3 Å². The highest BCUT2D eigenvalue weighted by Crippen LogP contribution is 2.31. The Morgan fingerprint density at radius 2 is 1.87 bits per heavy atom. The first-order valence-corrected chi connectivity index (χ1v) is 7.90. The maximum absolute atomic E-state index is 12.3. The molecule has 0 radical (unpaired) electrons. The number of carbonyl (C=O) groups is 1. The number of benzene rings is 1. The molecule has 0 atom stereocenters. The zero-order valence-corrected chi connectivity index (χ0v) is 13.5. The van der Waals surface area contributed by atoms with Crippen LogP contribution in [0.5, 0.6) is 0 Å². The summed E-state index contributed by atoms with van der Waals surface area (Å²) in [6.45, 7) is 3.60. The topological polar surface area (TPSA) is 74.8 Å². The van der Waals surface area contributed by atoms with Crippen LogP contribution in [0.4, 0.5) is 5.00 Å². The number of carbonyl (C=O) groups excluding carboxylic acids is 1. The summed E-state index contributed by atoms with van der Waals surface area (Å²) in [6, 6.07) is 13.0. The summed E-state index contributed by atoms with van der Waals surface area (Å²) in [7, 11) is 0. The second-order valence-electron chi connectivity index (χ2n) is 5.14. The smallest absolute Gasteiger partial charge is 0.261 e. The van der Waals surface area contributed by atoms with Crippen molar-refractivity contribution in [3.05, 3.63) is 69.8 Å². The number of aromatic amines is 1. The molecule has 0 bridgehead atoms. The van der Waals surface area contributed by atoms with Crippen LogP contribution in [0, 0.1) is 13.8 Å². The average Bonchev–Trinajstić information content (AvgIpc) is 2.89. The molecule has 0 aliphatic carbocycles. The predicted molar refractivity (Wildman–Crippen MR) is 92.0 cm³/mol. The third-order valence-electron chi connectivity index (χ3n) is 3.34. The summed E-state index contributed by atoms with van der Waals surface area (Å²) in [4.78, 5) is 31.3. The van der Waals surface area contributed by atoms with E-state index in [2.05, 4.69) is 15.3 Å². The number of pyridine rings is 1. The monoisotopic (exact) mass is 325 g/mol. The minimum atomic E-state index is -0.433. The van der Waals surface area contributed by atoms with E-state index in [0.29, 0.717) is 10.7 Å². The summed E-state index contributed by atoms with van der Waals surface area (Å²) in [5, 5.41) is 4.25. The molecule has 0 saturated heterocycles. The van der Waals surface area contributed by atoms with Crippen LogP contribution in [0.1, 0.15) is 21.7 Å². The van der Waals surface area contributed by atoms with Gasteiger partial charge in [0.25, 0.3) is 11.5 Å². The summed E-state index contributed by atoms with van der Waals surface area (Å²) in [5.41, 5.74) is 2.13. The summed E-state index contributed by atoms with van der Waals surface area (Å²) in [5.74, 6) is -0.433. The molecule has 2 N–H and O–H groups in total. The standard InChI is InChI=1S/C17H15N3O2S/c1-10-8-9-13(14(21)18-10)15(22)20-16-11(2)19-17(23-16)12-6-4-3-5-7-12/h3-9H,1-2H3,(H,18,21)(H,20,22). The van der Waals surface area contributed by atoms with Crippen molar-refractivity contribution in [1.29, 1.82) is 0 Å². The Balaban J connectivity index is 1.87. The summed E-state index contributed by atoms with van der Waals surface area (Å²) < 4.78 is 0. The molecule has 6 heteroatoms. The number of amides is 1. The van der Waals surface area contributed by atoms with Crippen molar-refractivity contribution in [3.8, 4) is 10.6 Å². The molecule has 1 amide bonds. The van der Waals surface area contributed by atoms with E-state index in [1.165, 1.54) is 17.4 Å². The van der Waals surface area contributed by atoms with Crippen molar-refractivity contribution in [2.45, 2.75) is 13.8 Å². The highest BCUT2D eigenvalue weighted by molar-refractivity contribution is 7.19. The first-order chi connectivity index (χ1) is 11.0. The highest BCUT2D eigenvalue weighted by Gasteiger charge is 2.15. The van der Waals surface area contributed by atoms with Crippen molar-refractivity contribution in [2.24, 2.45) is 0 Å². The average molecular weight is 325 g/mol. The van der Waals surface area contributed by atoms with Crippen LogP contribution >= 0.6 is 11.3 Å². The second kappa shape index (κ2) is 6.18. The van der Waals surface area contributed by atoms with Crippen molar-refractivity contribution >= 4 is 22.2 Å². The first kappa shape index (κ1) is 15.2. The molecule has 23 heavy (non-hydrogen) atoms. The van der Waals surface area contributed by atoms with Gasteiger partial charge in [-0.25, -0.2) is 4.98 Å². The number of nitrogens with zero attached hydrogens (tertiary/aromatic N) is 1. The lowest BCUT2D eigenvalue weighted by atomic mass is 10.2. The molecule has 116 valence electrons. The van der Waals surface area contributed by atoms with Gasteiger partial charge >= 0.3 is 0 Å². The van der Waals surface area contributed by atoms with Gasteiger partial charge in [-0.2, -0.15) is 0 Å². The molecule has 5 nitrogen and oxygen atoms in total.